The van der Waals surface area contributed by atoms with Crippen LogP contribution in [0.3, 0.4) is 0 Å². The van der Waals surface area contributed by atoms with Crippen LogP contribution >= 0.6 is 0 Å². The average molecular weight is 276 g/mol. The van der Waals surface area contributed by atoms with Crippen molar-refractivity contribution in [2.24, 2.45) is 5.41 Å². The van der Waals surface area contributed by atoms with Crippen LogP contribution in [-0.4, -0.2) is 53.7 Å². The molecule has 0 amide bonds. The van der Waals surface area contributed by atoms with E-state index in [-0.39, 0.29) is 11.5 Å². The van der Waals surface area contributed by atoms with Crippen molar-refractivity contribution in [2.45, 2.75) is 33.4 Å². The molecule has 112 valence electrons. The monoisotopic (exact) mass is 276 g/mol. The second kappa shape index (κ2) is 6.70. The van der Waals surface area contributed by atoms with Gasteiger partial charge < -0.3 is 5.11 Å². The molecule has 1 fully saturated rings. The Morgan fingerprint density at radius 3 is 2.10 bits per heavy atom. The third kappa shape index (κ3) is 4.58. The van der Waals surface area contributed by atoms with E-state index >= 15 is 0 Å². The van der Waals surface area contributed by atoms with Gasteiger partial charge in [-0.3, -0.25) is 9.80 Å². The van der Waals surface area contributed by atoms with Gasteiger partial charge in [-0.2, -0.15) is 0 Å². The van der Waals surface area contributed by atoms with Crippen LogP contribution in [0.1, 0.15) is 26.3 Å². The maximum atomic E-state index is 10.2. The Morgan fingerprint density at radius 1 is 1.00 bits per heavy atom. The molecular weight excluding hydrogens is 248 g/mol. The van der Waals surface area contributed by atoms with Gasteiger partial charge in [-0.05, 0) is 11.0 Å². The quantitative estimate of drug-likeness (QED) is 0.913. The van der Waals surface area contributed by atoms with Crippen molar-refractivity contribution in [3.05, 3.63) is 35.9 Å². The van der Waals surface area contributed by atoms with Crippen molar-refractivity contribution >= 4 is 0 Å². The molecule has 1 N–H and O–H groups in total. The van der Waals surface area contributed by atoms with Crippen molar-refractivity contribution in [3.8, 4) is 0 Å². The lowest BCUT2D eigenvalue weighted by Gasteiger charge is -2.38. The van der Waals surface area contributed by atoms with Crippen LogP contribution in [0.4, 0.5) is 0 Å². The van der Waals surface area contributed by atoms with Gasteiger partial charge in [-0.25, -0.2) is 0 Å². The van der Waals surface area contributed by atoms with Crippen LogP contribution in [0.2, 0.25) is 0 Å². The number of β-amino-alcohol motifs (C(OH)–C–C–N with tert-alkyl or cyclic N) is 1. The van der Waals surface area contributed by atoms with E-state index in [2.05, 4.69) is 60.9 Å². The molecular formula is C17H28N2O. The standard InChI is InChI=1S/C17H28N2O/c1-17(2,3)16(20)14-19-11-9-18(10-12-19)13-15-7-5-4-6-8-15/h4-8,16,20H,9-14H2,1-3H3. The summed E-state index contributed by atoms with van der Waals surface area (Å²) in [5, 5.41) is 10.2. The van der Waals surface area contributed by atoms with E-state index in [1.54, 1.807) is 0 Å². The molecule has 1 aromatic carbocycles. The molecule has 1 saturated heterocycles. The normalized spacial score (nSPS) is 20.0. The summed E-state index contributed by atoms with van der Waals surface area (Å²) in [7, 11) is 0. The zero-order chi connectivity index (χ0) is 14.6. The van der Waals surface area contributed by atoms with Crippen molar-refractivity contribution < 1.29 is 5.11 Å². The first-order valence-electron chi connectivity index (χ1n) is 7.62. The van der Waals surface area contributed by atoms with Crippen molar-refractivity contribution in [1.82, 2.24) is 9.80 Å². The molecule has 20 heavy (non-hydrogen) atoms. The van der Waals surface area contributed by atoms with Crippen molar-refractivity contribution in [3.63, 3.8) is 0 Å². The van der Waals surface area contributed by atoms with Gasteiger partial charge in [0.1, 0.15) is 0 Å². The smallest absolute Gasteiger partial charge is 0.0715 e. The first-order valence-corrected chi connectivity index (χ1v) is 7.62. The summed E-state index contributed by atoms with van der Waals surface area (Å²) in [6.45, 7) is 12.4. The molecule has 0 saturated carbocycles. The molecule has 1 unspecified atom stereocenters. The first-order chi connectivity index (χ1) is 9.45. The molecule has 1 aliphatic heterocycles. The number of hydrogen-bond donors (Lipinski definition) is 1. The molecule has 0 spiro atoms. The zero-order valence-corrected chi connectivity index (χ0v) is 13.0. The zero-order valence-electron chi connectivity index (χ0n) is 13.0. The molecule has 1 heterocycles. The summed E-state index contributed by atoms with van der Waals surface area (Å²) in [5.74, 6) is 0. The summed E-state index contributed by atoms with van der Waals surface area (Å²) in [6, 6.07) is 10.7. The number of aliphatic hydroxyl groups is 1. The third-order valence-corrected chi connectivity index (χ3v) is 4.14. The number of benzene rings is 1. The summed E-state index contributed by atoms with van der Waals surface area (Å²) in [4.78, 5) is 4.88. The van der Waals surface area contributed by atoms with Crippen molar-refractivity contribution in [2.75, 3.05) is 32.7 Å². The van der Waals surface area contributed by atoms with Gasteiger partial charge in [-0.15, -0.1) is 0 Å². The Kier molecular flexibility index (Phi) is 5.19. The average Bonchev–Trinajstić information content (AvgIpc) is 2.41. The lowest BCUT2D eigenvalue weighted by molar-refractivity contribution is 0.0126. The molecule has 3 nitrogen and oxygen atoms in total. The van der Waals surface area contributed by atoms with E-state index in [0.717, 1.165) is 39.3 Å². The van der Waals surface area contributed by atoms with E-state index in [0.29, 0.717) is 0 Å². The number of rotatable bonds is 4. The largest absolute Gasteiger partial charge is 0.391 e. The number of aliphatic hydroxyl groups excluding tert-OH is 1. The minimum atomic E-state index is -0.247. The minimum Gasteiger partial charge on any atom is -0.391 e. The Labute approximate surface area is 123 Å². The maximum Gasteiger partial charge on any atom is 0.0715 e. The highest BCUT2D eigenvalue weighted by Crippen LogP contribution is 2.20. The van der Waals surface area contributed by atoms with E-state index in [4.69, 9.17) is 0 Å². The van der Waals surface area contributed by atoms with Gasteiger partial charge >= 0.3 is 0 Å². The van der Waals surface area contributed by atoms with E-state index in [9.17, 15) is 5.11 Å². The van der Waals surface area contributed by atoms with Gasteiger partial charge in [0.25, 0.3) is 0 Å². The molecule has 3 heteroatoms. The summed E-state index contributed by atoms with van der Waals surface area (Å²) >= 11 is 0. The summed E-state index contributed by atoms with van der Waals surface area (Å²) in [5.41, 5.74) is 1.36. The highest BCUT2D eigenvalue weighted by Gasteiger charge is 2.26. The molecule has 0 bridgehead atoms. The fraction of sp³-hybridized carbons (Fsp3) is 0.647. The van der Waals surface area contributed by atoms with Crippen LogP contribution in [-0.2, 0) is 6.54 Å². The van der Waals surface area contributed by atoms with Gasteiger partial charge in [-0.1, -0.05) is 51.1 Å². The Morgan fingerprint density at radius 2 is 1.55 bits per heavy atom. The lowest BCUT2D eigenvalue weighted by atomic mass is 9.89. The van der Waals surface area contributed by atoms with E-state index < -0.39 is 0 Å². The molecule has 1 atom stereocenters. The lowest BCUT2D eigenvalue weighted by Crippen LogP contribution is -2.49. The number of piperazine rings is 1. The van der Waals surface area contributed by atoms with Crippen LogP contribution in [0.15, 0.2) is 30.3 Å². The molecule has 0 aliphatic carbocycles. The molecule has 1 aliphatic rings. The Bertz CT molecular complexity index is 391. The van der Waals surface area contributed by atoms with Gasteiger partial charge in [0.2, 0.25) is 0 Å². The van der Waals surface area contributed by atoms with Gasteiger partial charge in [0.15, 0.2) is 0 Å². The molecule has 1 aromatic rings. The Balaban J connectivity index is 1.75. The summed E-state index contributed by atoms with van der Waals surface area (Å²) < 4.78 is 0. The van der Waals surface area contributed by atoms with Crippen LogP contribution in [0, 0.1) is 5.41 Å². The maximum absolute atomic E-state index is 10.2. The second-order valence-electron chi connectivity index (χ2n) is 6.94. The fourth-order valence-corrected chi connectivity index (χ4v) is 2.49. The predicted molar refractivity (Wildman–Crippen MR) is 83.6 cm³/mol. The number of nitrogens with zero attached hydrogens (tertiary/aromatic N) is 2. The van der Waals surface area contributed by atoms with Crippen LogP contribution < -0.4 is 0 Å². The topological polar surface area (TPSA) is 26.7 Å². The minimum absolute atomic E-state index is 0.0266. The second-order valence-corrected chi connectivity index (χ2v) is 6.94. The van der Waals surface area contributed by atoms with Crippen molar-refractivity contribution in [1.29, 1.82) is 0 Å². The first kappa shape index (κ1) is 15.5. The third-order valence-electron chi connectivity index (χ3n) is 4.14. The van der Waals surface area contributed by atoms with Gasteiger partial charge in [0, 0.05) is 39.3 Å². The van der Waals surface area contributed by atoms with Gasteiger partial charge in [0.05, 0.1) is 6.10 Å². The highest BCUT2D eigenvalue weighted by atomic mass is 16.3. The number of hydrogen-bond acceptors (Lipinski definition) is 3. The van der Waals surface area contributed by atoms with Crippen LogP contribution in [0.5, 0.6) is 0 Å². The molecule has 2 rings (SSSR count). The SMILES string of the molecule is CC(C)(C)C(O)CN1CCN(Cc2ccccc2)CC1. The van der Waals surface area contributed by atoms with Crippen LogP contribution in [0.25, 0.3) is 0 Å². The highest BCUT2D eigenvalue weighted by molar-refractivity contribution is 5.14. The van der Waals surface area contributed by atoms with E-state index in [1.807, 2.05) is 0 Å². The molecule has 0 aromatic heterocycles. The molecule has 0 radical (unpaired) electrons. The van der Waals surface area contributed by atoms with E-state index in [1.165, 1.54) is 5.56 Å². The Hall–Kier alpha value is -0.900. The predicted octanol–water partition coefficient (Wildman–Crippen LogP) is 2.21. The fourth-order valence-electron chi connectivity index (χ4n) is 2.49. The summed E-state index contributed by atoms with van der Waals surface area (Å²) in [6.07, 6.45) is -0.247.